The normalized spacial score (nSPS) is 25.5. The van der Waals surface area contributed by atoms with E-state index in [1.54, 1.807) is 30.3 Å². The van der Waals surface area contributed by atoms with E-state index in [-0.39, 0.29) is 22.5 Å². The van der Waals surface area contributed by atoms with Crippen LogP contribution in [0.25, 0.3) is 22.3 Å². The Kier molecular flexibility index (Phi) is 5.48. The lowest BCUT2D eigenvalue weighted by molar-refractivity contribution is -0.271. The van der Waals surface area contributed by atoms with Crippen LogP contribution >= 0.6 is 0 Å². The number of fused-ring (bicyclic) bond motifs is 1. The van der Waals surface area contributed by atoms with Crippen LogP contribution in [-0.4, -0.2) is 67.3 Å². The molecule has 32 heavy (non-hydrogen) atoms. The van der Waals surface area contributed by atoms with Crippen molar-refractivity contribution in [3.8, 4) is 28.6 Å². The van der Waals surface area contributed by atoms with Crippen molar-refractivity contribution in [3.63, 3.8) is 0 Å². The Labute approximate surface area is 178 Å². The minimum atomic E-state index is -1.90. The molecule has 3 aromatic rings. The smallest absolute Gasteiger partial charge is 0.335 e. The van der Waals surface area contributed by atoms with Crippen LogP contribution in [0.5, 0.6) is 17.2 Å². The molecule has 6 N–H and O–H groups in total. The number of aliphatic hydroxyl groups excluding tert-OH is 3. The zero-order chi connectivity index (χ0) is 23.2. The van der Waals surface area contributed by atoms with E-state index in [0.717, 1.165) is 12.1 Å². The van der Waals surface area contributed by atoms with Crippen molar-refractivity contribution in [2.45, 2.75) is 30.7 Å². The second-order valence-corrected chi connectivity index (χ2v) is 7.14. The Balaban J connectivity index is 1.75. The highest BCUT2D eigenvalue weighted by molar-refractivity contribution is 5.88. The first-order valence-electron chi connectivity index (χ1n) is 9.36. The fraction of sp³-hybridized carbons (Fsp3) is 0.238. The Morgan fingerprint density at radius 2 is 1.66 bits per heavy atom. The van der Waals surface area contributed by atoms with Gasteiger partial charge >= 0.3 is 5.97 Å². The number of carboxylic acid groups (broad SMARTS) is 1. The highest BCUT2D eigenvalue weighted by Crippen LogP contribution is 2.36. The van der Waals surface area contributed by atoms with Gasteiger partial charge in [-0.3, -0.25) is 4.79 Å². The highest BCUT2D eigenvalue weighted by atomic mass is 16.7. The lowest BCUT2D eigenvalue weighted by atomic mass is 9.99. The summed E-state index contributed by atoms with van der Waals surface area (Å²) in [7, 11) is 0. The van der Waals surface area contributed by atoms with Crippen LogP contribution in [0.15, 0.2) is 51.7 Å². The van der Waals surface area contributed by atoms with Gasteiger partial charge in [0.1, 0.15) is 40.8 Å². The first-order chi connectivity index (χ1) is 15.2. The molecule has 0 aliphatic carbocycles. The fourth-order valence-corrected chi connectivity index (χ4v) is 3.40. The average Bonchev–Trinajstić information content (AvgIpc) is 2.76. The molecule has 2 aromatic carbocycles. The second-order valence-electron chi connectivity index (χ2n) is 7.14. The van der Waals surface area contributed by atoms with Crippen molar-refractivity contribution in [2.75, 3.05) is 0 Å². The topological polar surface area (TPSA) is 187 Å². The molecule has 168 valence electrons. The van der Waals surface area contributed by atoms with E-state index in [1.807, 2.05) is 0 Å². The predicted octanol–water partition coefficient (Wildman–Crippen LogP) is 0.142. The number of phenols is 1. The summed E-state index contributed by atoms with van der Waals surface area (Å²) in [5, 5.41) is 59.1. The minimum Gasteiger partial charge on any atom is -0.507 e. The van der Waals surface area contributed by atoms with Gasteiger partial charge < -0.3 is 44.5 Å². The van der Waals surface area contributed by atoms with Gasteiger partial charge in [-0.15, -0.1) is 0 Å². The Morgan fingerprint density at radius 1 is 0.969 bits per heavy atom. The third-order valence-corrected chi connectivity index (χ3v) is 5.03. The van der Waals surface area contributed by atoms with Gasteiger partial charge in [0.2, 0.25) is 17.5 Å². The van der Waals surface area contributed by atoms with E-state index in [1.165, 1.54) is 0 Å². The molecule has 11 heteroatoms. The molecule has 1 saturated heterocycles. The van der Waals surface area contributed by atoms with E-state index >= 15 is 0 Å². The van der Waals surface area contributed by atoms with Gasteiger partial charge in [-0.25, -0.2) is 4.79 Å². The zero-order valence-corrected chi connectivity index (χ0v) is 16.2. The van der Waals surface area contributed by atoms with Gasteiger partial charge in [-0.2, -0.15) is 0 Å². The predicted molar refractivity (Wildman–Crippen MR) is 106 cm³/mol. The largest absolute Gasteiger partial charge is 0.507 e. The molecule has 0 radical (unpaired) electrons. The van der Waals surface area contributed by atoms with Crippen LogP contribution in [0.3, 0.4) is 0 Å². The van der Waals surface area contributed by atoms with E-state index in [4.69, 9.17) is 19.0 Å². The summed E-state index contributed by atoms with van der Waals surface area (Å²) in [5.41, 5.74) is -0.683. The fourth-order valence-electron chi connectivity index (χ4n) is 3.40. The van der Waals surface area contributed by atoms with Crippen LogP contribution in [0.4, 0.5) is 0 Å². The first-order valence-corrected chi connectivity index (χ1v) is 9.36. The van der Waals surface area contributed by atoms with Crippen molar-refractivity contribution in [3.05, 3.63) is 52.7 Å². The summed E-state index contributed by atoms with van der Waals surface area (Å²) in [6, 6.07) is 10.4. The summed E-state index contributed by atoms with van der Waals surface area (Å²) in [6.45, 7) is 0. The number of aromatic hydroxyl groups is 2. The number of phenolic OH excluding ortho intramolecular Hbond substituents is 1. The van der Waals surface area contributed by atoms with Gasteiger partial charge in [0.05, 0.1) is 0 Å². The van der Waals surface area contributed by atoms with Crippen LogP contribution < -0.4 is 10.2 Å². The third-order valence-electron chi connectivity index (χ3n) is 5.03. The molecule has 0 spiro atoms. The second kappa shape index (κ2) is 8.13. The first kappa shape index (κ1) is 21.6. The van der Waals surface area contributed by atoms with Crippen molar-refractivity contribution in [2.24, 2.45) is 0 Å². The summed E-state index contributed by atoms with van der Waals surface area (Å²) in [5.74, 6) is -3.29. The number of hydrogen-bond acceptors (Lipinski definition) is 10. The van der Waals surface area contributed by atoms with Crippen LogP contribution in [0, 0.1) is 0 Å². The van der Waals surface area contributed by atoms with E-state index in [2.05, 4.69) is 0 Å². The number of carbonyl (C=O) groups is 1. The van der Waals surface area contributed by atoms with Gasteiger partial charge in [-0.05, 0) is 0 Å². The molecule has 2 heterocycles. The average molecular weight is 446 g/mol. The van der Waals surface area contributed by atoms with Crippen molar-refractivity contribution < 1.29 is 49.3 Å². The molecule has 4 rings (SSSR count). The van der Waals surface area contributed by atoms with Gasteiger partial charge in [0, 0.05) is 17.7 Å². The SMILES string of the molecule is O=C(O)[C@H]1OC(Oc2cc(O)c3c(=O)c(O)c(-c4ccccc4)oc3c2)[C@H](O)[C@@H](O)[C@@H]1O. The maximum Gasteiger partial charge on any atom is 0.335 e. The quantitative estimate of drug-likeness (QED) is 0.320. The molecule has 1 aliphatic rings. The highest BCUT2D eigenvalue weighted by Gasteiger charge is 2.48. The number of rotatable bonds is 4. The summed E-state index contributed by atoms with van der Waals surface area (Å²) < 4.78 is 16.0. The summed E-state index contributed by atoms with van der Waals surface area (Å²) in [4.78, 5) is 23.8. The van der Waals surface area contributed by atoms with Crippen molar-refractivity contribution in [1.29, 1.82) is 0 Å². The number of carboxylic acids is 1. The van der Waals surface area contributed by atoms with Crippen LogP contribution in [0.1, 0.15) is 0 Å². The number of aliphatic carboxylic acids is 1. The molecule has 0 amide bonds. The number of aliphatic hydroxyl groups is 3. The van der Waals surface area contributed by atoms with Crippen molar-refractivity contribution >= 4 is 16.9 Å². The van der Waals surface area contributed by atoms with E-state index in [0.29, 0.717) is 5.56 Å². The van der Waals surface area contributed by atoms with E-state index < -0.39 is 53.6 Å². The Hall–Kier alpha value is -3.64. The lowest BCUT2D eigenvalue weighted by Crippen LogP contribution is -2.61. The molecule has 11 nitrogen and oxygen atoms in total. The number of hydrogen-bond donors (Lipinski definition) is 6. The lowest BCUT2D eigenvalue weighted by Gasteiger charge is -2.38. The van der Waals surface area contributed by atoms with E-state index in [9.17, 15) is 35.1 Å². The van der Waals surface area contributed by atoms with Crippen LogP contribution in [-0.2, 0) is 9.53 Å². The summed E-state index contributed by atoms with van der Waals surface area (Å²) in [6.07, 6.45) is -9.23. The third kappa shape index (κ3) is 3.63. The molecule has 1 unspecified atom stereocenters. The standard InChI is InChI=1S/C21H18O11/c22-10-6-9(30-21-17(27)14(24)16(26)19(32-21)20(28)29)7-11-12(10)13(23)15(25)18(31-11)8-4-2-1-3-5-8/h1-7,14,16-17,19,21-22,24-27H,(H,28,29)/t14-,16-,17+,19-,21?/m0/s1. The molecule has 1 aliphatic heterocycles. The monoisotopic (exact) mass is 446 g/mol. The van der Waals surface area contributed by atoms with Crippen molar-refractivity contribution in [1.82, 2.24) is 0 Å². The van der Waals surface area contributed by atoms with Gasteiger partial charge in [0.15, 0.2) is 11.9 Å². The molecule has 1 aromatic heterocycles. The minimum absolute atomic E-state index is 0.155. The van der Waals surface area contributed by atoms with Gasteiger partial charge in [0.25, 0.3) is 0 Å². The Morgan fingerprint density at radius 3 is 2.31 bits per heavy atom. The summed E-state index contributed by atoms with van der Waals surface area (Å²) >= 11 is 0. The maximum absolute atomic E-state index is 12.6. The molecule has 1 fully saturated rings. The maximum atomic E-state index is 12.6. The van der Waals surface area contributed by atoms with Crippen LogP contribution in [0.2, 0.25) is 0 Å². The zero-order valence-electron chi connectivity index (χ0n) is 16.2. The molecule has 0 saturated carbocycles. The number of benzene rings is 2. The molecular weight excluding hydrogens is 428 g/mol. The van der Waals surface area contributed by atoms with Gasteiger partial charge in [-0.1, -0.05) is 30.3 Å². The molecule has 5 atom stereocenters. The Bertz CT molecular complexity index is 1220. The number of ether oxygens (including phenoxy) is 2. The molecular formula is C21H18O11. The molecule has 0 bridgehead atoms.